The van der Waals surface area contributed by atoms with Gasteiger partial charge in [-0.3, -0.25) is 4.79 Å². The van der Waals surface area contributed by atoms with Gasteiger partial charge in [0.1, 0.15) is 0 Å². The quantitative estimate of drug-likeness (QED) is 0.359. The van der Waals surface area contributed by atoms with Gasteiger partial charge in [-0.25, -0.2) is 4.79 Å². The Morgan fingerprint density at radius 3 is 2.47 bits per heavy atom. The number of nitrogens with two attached hydrogens (primary N) is 1. The summed E-state index contributed by atoms with van der Waals surface area (Å²) in [7, 11) is 1.36. The molecule has 7 heteroatoms. The molecule has 1 aromatic carbocycles. The van der Waals surface area contributed by atoms with E-state index in [0.29, 0.717) is 5.56 Å². The maximum Gasteiger partial charge on any atom is 0.338 e. The van der Waals surface area contributed by atoms with Crippen molar-refractivity contribution in [1.29, 1.82) is 5.26 Å². The lowest BCUT2D eigenvalue weighted by Gasteiger charge is -2.41. The second-order valence-electron chi connectivity index (χ2n) is 8.19. The molecule has 1 aromatic rings. The number of piperidine rings is 1. The van der Waals surface area contributed by atoms with E-state index in [0.717, 1.165) is 66.9 Å². The molecule has 0 atom stereocenters. The number of primary amides is 1. The summed E-state index contributed by atoms with van der Waals surface area (Å²) < 4.78 is 4.93. The first kappa shape index (κ1) is 25.0. The van der Waals surface area contributed by atoms with Crippen LogP contribution in [-0.2, 0) is 9.53 Å². The third-order valence-electron chi connectivity index (χ3n) is 5.97. The van der Waals surface area contributed by atoms with Gasteiger partial charge in [-0.15, -0.1) is 0 Å². The highest BCUT2D eigenvalue weighted by molar-refractivity contribution is 5.93. The molecule has 1 fully saturated rings. The summed E-state index contributed by atoms with van der Waals surface area (Å²) in [5, 5.41) is 9.54. The van der Waals surface area contributed by atoms with Crippen molar-refractivity contribution in [1.82, 2.24) is 4.90 Å². The van der Waals surface area contributed by atoms with Crippen molar-refractivity contribution in [3.63, 3.8) is 0 Å². The van der Waals surface area contributed by atoms with Crippen LogP contribution in [0.15, 0.2) is 36.1 Å². The van der Waals surface area contributed by atoms with Crippen molar-refractivity contribution in [3.8, 4) is 6.07 Å². The molecule has 7 nitrogen and oxygen atoms in total. The van der Waals surface area contributed by atoms with Crippen molar-refractivity contribution in [3.05, 3.63) is 52.7 Å². The number of ether oxygens (including phenoxy) is 1. The third kappa shape index (κ3) is 5.70. The second kappa shape index (κ2) is 11.4. The lowest BCUT2D eigenvalue weighted by molar-refractivity contribution is -0.116. The molecule has 1 saturated heterocycles. The number of nitriles is 1. The normalized spacial score (nSPS) is 14.9. The molecule has 0 saturated carbocycles. The summed E-state index contributed by atoms with van der Waals surface area (Å²) >= 11 is 0. The zero-order chi connectivity index (χ0) is 23.8. The molecule has 172 valence electrons. The number of nitrogens with zero attached hydrogens (tertiary/aromatic N) is 3. The largest absolute Gasteiger partial charge is 0.465 e. The first-order chi connectivity index (χ1) is 15.3. The molecule has 0 aromatic heterocycles. The first-order valence-corrected chi connectivity index (χ1v) is 11.0. The van der Waals surface area contributed by atoms with E-state index in [1.165, 1.54) is 7.11 Å². The molecule has 2 rings (SSSR count). The van der Waals surface area contributed by atoms with E-state index in [1.807, 2.05) is 24.8 Å². The molecule has 32 heavy (non-hydrogen) atoms. The molecular weight excluding hydrogens is 404 g/mol. The Labute approximate surface area is 191 Å². The molecule has 0 unspecified atom stereocenters. The smallest absolute Gasteiger partial charge is 0.338 e. The SMILES string of the molecule is C=C/C(=C(/C#N)CCC)N1CCC(N(CC(N)=O)c2cc(C(=O)OC)c(C)cc2C)CC1. The van der Waals surface area contributed by atoms with Gasteiger partial charge in [0.15, 0.2) is 0 Å². The Kier molecular flexibility index (Phi) is 8.89. The molecule has 0 radical (unpaired) electrons. The highest BCUT2D eigenvalue weighted by atomic mass is 16.5. The average molecular weight is 439 g/mol. The van der Waals surface area contributed by atoms with E-state index >= 15 is 0 Å². The van der Waals surface area contributed by atoms with Gasteiger partial charge in [-0.05, 0) is 56.4 Å². The number of likely N-dealkylation sites (tertiary alicyclic amines) is 1. The van der Waals surface area contributed by atoms with Gasteiger partial charge < -0.3 is 20.3 Å². The predicted molar refractivity (Wildman–Crippen MR) is 126 cm³/mol. The van der Waals surface area contributed by atoms with Crippen molar-refractivity contribution >= 4 is 17.6 Å². The molecule has 1 amide bonds. The number of allylic oxidation sites excluding steroid dienone is 2. The minimum Gasteiger partial charge on any atom is -0.465 e. The minimum absolute atomic E-state index is 0.0681. The Bertz CT molecular complexity index is 937. The number of carbonyl (C=O) groups is 2. The van der Waals surface area contributed by atoms with E-state index in [1.54, 1.807) is 12.1 Å². The number of anilines is 1. The number of methoxy groups -OCH3 is 1. The van der Waals surface area contributed by atoms with Gasteiger partial charge in [0.2, 0.25) is 5.91 Å². The van der Waals surface area contributed by atoms with Crippen LogP contribution in [0.4, 0.5) is 5.69 Å². The van der Waals surface area contributed by atoms with E-state index < -0.39 is 11.9 Å². The molecule has 0 bridgehead atoms. The van der Waals surface area contributed by atoms with Crippen molar-refractivity contribution < 1.29 is 14.3 Å². The van der Waals surface area contributed by atoms with Crippen LogP contribution >= 0.6 is 0 Å². The summed E-state index contributed by atoms with van der Waals surface area (Å²) in [6.45, 7) is 11.4. The van der Waals surface area contributed by atoms with Crippen LogP contribution in [0.5, 0.6) is 0 Å². The van der Waals surface area contributed by atoms with Gasteiger partial charge in [0.05, 0.1) is 30.9 Å². The summed E-state index contributed by atoms with van der Waals surface area (Å²) in [5.74, 6) is -0.827. The van der Waals surface area contributed by atoms with Gasteiger partial charge in [0.25, 0.3) is 0 Å². The van der Waals surface area contributed by atoms with Crippen LogP contribution in [0, 0.1) is 25.2 Å². The third-order valence-corrected chi connectivity index (χ3v) is 5.97. The predicted octanol–water partition coefficient (Wildman–Crippen LogP) is 3.61. The zero-order valence-electron chi connectivity index (χ0n) is 19.6. The van der Waals surface area contributed by atoms with Crippen LogP contribution in [0.3, 0.4) is 0 Å². The number of amides is 1. The van der Waals surface area contributed by atoms with E-state index in [9.17, 15) is 14.9 Å². The van der Waals surface area contributed by atoms with Crippen molar-refractivity contribution in [2.45, 2.75) is 52.5 Å². The lowest BCUT2D eigenvalue weighted by Crippen LogP contribution is -2.48. The molecular formula is C25H34N4O3. The number of hydrogen-bond donors (Lipinski definition) is 1. The van der Waals surface area contributed by atoms with Crippen LogP contribution < -0.4 is 10.6 Å². The Morgan fingerprint density at radius 2 is 1.97 bits per heavy atom. The Morgan fingerprint density at radius 1 is 1.31 bits per heavy atom. The second-order valence-corrected chi connectivity index (χ2v) is 8.19. The summed E-state index contributed by atoms with van der Waals surface area (Å²) in [5.41, 5.74) is 10.3. The average Bonchev–Trinajstić information content (AvgIpc) is 2.77. The van der Waals surface area contributed by atoms with Crippen LogP contribution in [0.25, 0.3) is 0 Å². The van der Waals surface area contributed by atoms with Crippen LogP contribution in [-0.4, -0.2) is 49.6 Å². The molecule has 0 aliphatic carbocycles. The highest BCUT2D eigenvalue weighted by Crippen LogP contribution is 2.31. The summed E-state index contributed by atoms with van der Waals surface area (Å²) in [4.78, 5) is 28.4. The standard InChI is InChI=1S/C25H34N4O3/c1-6-8-19(15-26)22(7-2)28-11-9-20(10-12-28)29(16-24(27)30)23-14-21(25(31)32-5)17(3)13-18(23)4/h7,13-14,20H,2,6,8-12,16H2,1,3-5H3,(H2,27,30)/b22-19-. The summed E-state index contributed by atoms with van der Waals surface area (Å²) in [6.07, 6.45) is 4.97. The number of hydrogen-bond acceptors (Lipinski definition) is 6. The minimum atomic E-state index is -0.423. The molecule has 1 aliphatic heterocycles. The topological polar surface area (TPSA) is 99.7 Å². The maximum atomic E-state index is 12.2. The lowest BCUT2D eigenvalue weighted by atomic mass is 9.97. The Balaban J connectivity index is 2.34. The van der Waals surface area contributed by atoms with E-state index in [2.05, 4.69) is 24.5 Å². The van der Waals surface area contributed by atoms with Gasteiger partial charge >= 0.3 is 5.97 Å². The monoisotopic (exact) mass is 438 g/mol. The molecule has 2 N–H and O–H groups in total. The van der Waals surface area contributed by atoms with E-state index in [4.69, 9.17) is 10.5 Å². The maximum absolute atomic E-state index is 12.2. The van der Waals surface area contributed by atoms with Crippen molar-refractivity contribution in [2.75, 3.05) is 31.6 Å². The van der Waals surface area contributed by atoms with E-state index in [-0.39, 0.29) is 12.6 Å². The highest BCUT2D eigenvalue weighted by Gasteiger charge is 2.29. The molecule has 1 heterocycles. The van der Waals surface area contributed by atoms with Gasteiger partial charge in [-0.2, -0.15) is 5.26 Å². The van der Waals surface area contributed by atoms with Crippen molar-refractivity contribution in [2.24, 2.45) is 5.73 Å². The fraction of sp³-hybridized carbons (Fsp3) is 0.480. The van der Waals surface area contributed by atoms with Crippen LogP contribution in [0.2, 0.25) is 0 Å². The Hall–Kier alpha value is -3.27. The fourth-order valence-corrected chi connectivity index (χ4v) is 4.41. The first-order valence-electron chi connectivity index (χ1n) is 11.0. The molecule has 0 spiro atoms. The summed E-state index contributed by atoms with van der Waals surface area (Å²) in [6, 6.07) is 6.14. The van der Waals surface area contributed by atoms with Gasteiger partial charge in [0, 0.05) is 30.5 Å². The fourth-order valence-electron chi connectivity index (χ4n) is 4.41. The number of aryl methyl sites for hydroxylation is 2. The number of esters is 1. The number of carbonyl (C=O) groups excluding carboxylic acids is 2. The zero-order valence-corrected chi connectivity index (χ0v) is 19.6. The number of benzene rings is 1. The van der Waals surface area contributed by atoms with Crippen LogP contribution in [0.1, 0.15) is 54.1 Å². The molecule has 1 aliphatic rings. The van der Waals surface area contributed by atoms with Gasteiger partial charge in [-0.1, -0.05) is 26.0 Å². The number of rotatable bonds is 9.